The third kappa shape index (κ3) is 5.13. The summed E-state index contributed by atoms with van der Waals surface area (Å²) in [6, 6.07) is 8.14. The molecule has 226 valence electrons. The average Bonchev–Trinajstić information content (AvgIpc) is 3.56. The van der Waals surface area contributed by atoms with Crippen LogP contribution in [0.15, 0.2) is 42.5 Å². The van der Waals surface area contributed by atoms with Crippen LogP contribution in [0, 0.1) is 5.82 Å². The maximum atomic E-state index is 14.6. The Labute approximate surface area is 245 Å². The van der Waals surface area contributed by atoms with E-state index in [2.05, 4.69) is 15.3 Å². The van der Waals surface area contributed by atoms with E-state index in [1.54, 1.807) is 0 Å². The predicted molar refractivity (Wildman–Crippen MR) is 146 cm³/mol. The Morgan fingerprint density at radius 3 is 2.49 bits per heavy atom. The molecule has 0 radical (unpaired) electrons. The number of primary amides is 1. The monoisotopic (exact) mass is 620 g/mol. The number of alkyl halides is 3. The normalized spacial score (nSPS) is 17.7. The number of methoxy groups -OCH3 is 1. The number of amides is 2. The highest BCUT2D eigenvalue weighted by molar-refractivity contribution is 7.18. The highest BCUT2D eigenvalue weighted by Crippen LogP contribution is 2.47. The van der Waals surface area contributed by atoms with E-state index in [0.717, 1.165) is 29.5 Å². The minimum Gasteiger partial charge on any atom is -0.494 e. The molecule has 0 saturated heterocycles. The largest absolute Gasteiger partial charge is 0.494 e. The molecule has 0 bridgehead atoms. The Balaban J connectivity index is 1.58. The van der Waals surface area contributed by atoms with Gasteiger partial charge in [-0.1, -0.05) is 0 Å². The van der Waals surface area contributed by atoms with Crippen LogP contribution in [0.3, 0.4) is 0 Å². The predicted octanol–water partition coefficient (Wildman–Crippen LogP) is 3.31. The molecule has 2 aromatic carbocycles. The fourth-order valence-corrected chi connectivity index (χ4v) is 5.53. The highest BCUT2D eigenvalue weighted by atomic mass is 32.1. The van der Waals surface area contributed by atoms with Gasteiger partial charge in [0.25, 0.3) is 5.91 Å². The van der Waals surface area contributed by atoms with Gasteiger partial charge < -0.3 is 30.7 Å². The molecule has 2 atom stereocenters. The van der Waals surface area contributed by atoms with Crippen LogP contribution in [0.2, 0.25) is 0 Å². The molecule has 43 heavy (non-hydrogen) atoms. The molecule has 1 aliphatic rings. The number of aliphatic hydroxyl groups excluding tert-OH is 1. The topological polar surface area (TPSA) is 157 Å². The molecule has 5 rings (SSSR count). The Hall–Kier alpha value is -4.34. The lowest BCUT2D eigenvalue weighted by molar-refractivity contribution is -0.265. The quantitative estimate of drug-likeness (QED) is 0.219. The van der Waals surface area contributed by atoms with Crippen molar-refractivity contribution < 1.29 is 46.8 Å². The SMILES string of the molecule is COc1cc(C(=O)NCC(O)(c2cc3c(c(-c4ccc(F)cc4)n2)OC[C@]3(C)C(N)=O)C(F)(F)F)cc2sc(CO)nc12. The Bertz CT molecular complexity index is 1750. The van der Waals surface area contributed by atoms with Crippen LogP contribution in [0.5, 0.6) is 11.5 Å². The average molecular weight is 621 g/mol. The van der Waals surface area contributed by atoms with Gasteiger partial charge in [-0.25, -0.2) is 14.4 Å². The zero-order valence-electron chi connectivity index (χ0n) is 22.6. The number of benzene rings is 2. The summed E-state index contributed by atoms with van der Waals surface area (Å²) >= 11 is 1.06. The first-order chi connectivity index (χ1) is 20.2. The minimum atomic E-state index is -5.38. The van der Waals surface area contributed by atoms with Gasteiger partial charge in [0.2, 0.25) is 11.5 Å². The number of nitrogens with zero attached hydrogens (tertiary/aromatic N) is 2. The second-order valence-electron chi connectivity index (χ2n) is 10.1. The van der Waals surface area contributed by atoms with Crippen molar-refractivity contribution in [2.24, 2.45) is 5.73 Å². The van der Waals surface area contributed by atoms with E-state index in [4.69, 9.17) is 15.2 Å². The van der Waals surface area contributed by atoms with E-state index in [-0.39, 0.29) is 47.1 Å². The first kappa shape index (κ1) is 30.1. The molecule has 0 aliphatic carbocycles. The van der Waals surface area contributed by atoms with Crippen LogP contribution >= 0.6 is 11.3 Å². The van der Waals surface area contributed by atoms with Crippen LogP contribution in [0.4, 0.5) is 17.6 Å². The number of aliphatic hydroxyl groups is 2. The number of halogens is 4. The molecule has 4 aromatic rings. The smallest absolute Gasteiger partial charge is 0.424 e. The van der Waals surface area contributed by atoms with Gasteiger partial charge in [-0.05, 0) is 49.4 Å². The van der Waals surface area contributed by atoms with Gasteiger partial charge >= 0.3 is 6.18 Å². The number of thiazole rings is 1. The van der Waals surface area contributed by atoms with Gasteiger partial charge in [-0.3, -0.25) is 9.59 Å². The van der Waals surface area contributed by atoms with Crippen molar-refractivity contribution in [3.8, 4) is 22.8 Å². The zero-order chi connectivity index (χ0) is 31.3. The summed E-state index contributed by atoms with van der Waals surface area (Å²) in [4.78, 5) is 33.7. The summed E-state index contributed by atoms with van der Waals surface area (Å²) in [5, 5.41) is 23.1. The molecular weight excluding hydrogens is 596 g/mol. The molecule has 1 unspecified atom stereocenters. The van der Waals surface area contributed by atoms with Crippen LogP contribution < -0.4 is 20.5 Å². The van der Waals surface area contributed by atoms with E-state index in [0.29, 0.717) is 15.2 Å². The molecular formula is C28H24F4N4O6S. The number of hydrogen-bond donors (Lipinski definition) is 4. The molecule has 2 amide bonds. The second-order valence-corrected chi connectivity index (χ2v) is 11.2. The zero-order valence-corrected chi connectivity index (χ0v) is 23.4. The van der Waals surface area contributed by atoms with E-state index in [1.807, 2.05) is 0 Å². The third-order valence-electron chi connectivity index (χ3n) is 7.25. The lowest BCUT2D eigenvalue weighted by Crippen LogP contribution is -2.51. The van der Waals surface area contributed by atoms with E-state index < -0.39 is 47.1 Å². The number of carbonyl (C=O) groups is 2. The number of rotatable bonds is 8. The van der Waals surface area contributed by atoms with Gasteiger partial charge in [0.1, 0.15) is 45.6 Å². The van der Waals surface area contributed by atoms with Gasteiger partial charge in [0, 0.05) is 16.7 Å². The van der Waals surface area contributed by atoms with Crippen LogP contribution in [0.1, 0.15) is 33.5 Å². The lowest BCUT2D eigenvalue weighted by atomic mass is 9.81. The Morgan fingerprint density at radius 2 is 1.88 bits per heavy atom. The van der Waals surface area contributed by atoms with Crippen molar-refractivity contribution in [1.82, 2.24) is 15.3 Å². The first-order valence-electron chi connectivity index (χ1n) is 12.6. The lowest BCUT2D eigenvalue weighted by Gasteiger charge is -2.31. The number of ether oxygens (including phenoxy) is 2. The van der Waals surface area contributed by atoms with Gasteiger partial charge in [-0.15, -0.1) is 11.3 Å². The molecule has 3 heterocycles. The fourth-order valence-electron chi connectivity index (χ4n) is 4.65. The van der Waals surface area contributed by atoms with Gasteiger partial charge in [0.15, 0.2) is 0 Å². The van der Waals surface area contributed by atoms with E-state index in [9.17, 15) is 37.4 Å². The summed E-state index contributed by atoms with van der Waals surface area (Å²) < 4.78 is 68.9. The molecule has 15 heteroatoms. The second kappa shape index (κ2) is 10.7. The summed E-state index contributed by atoms with van der Waals surface area (Å²) in [5.74, 6) is -2.38. The maximum Gasteiger partial charge on any atom is 0.424 e. The summed E-state index contributed by atoms with van der Waals surface area (Å²) in [6.45, 7) is -0.670. The molecule has 0 spiro atoms. The number of fused-ring (bicyclic) bond motifs is 2. The number of hydrogen-bond acceptors (Lipinski definition) is 9. The van der Waals surface area contributed by atoms with Crippen LogP contribution in [-0.2, 0) is 22.4 Å². The Kier molecular flexibility index (Phi) is 7.52. The summed E-state index contributed by atoms with van der Waals surface area (Å²) in [7, 11) is 1.32. The molecule has 5 N–H and O–H groups in total. The molecule has 10 nitrogen and oxygen atoms in total. The fraction of sp³-hybridized carbons (Fsp3) is 0.286. The van der Waals surface area contributed by atoms with E-state index in [1.165, 1.54) is 38.3 Å². The molecule has 1 aliphatic heterocycles. The molecule has 0 saturated carbocycles. The number of nitrogens with one attached hydrogen (secondary N) is 1. The van der Waals surface area contributed by atoms with Crippen molar-refractivity contribution in [1.29, 1.82) is 0 Å². The third-order valence-corrected chi connectivity index (χ3v) is 8.24. The number of carbonyl (C=O) groups excluding carboxylic acids is 2. The van der Waals surface area contributed by atoms with E-state index >= 15 is 0 Å². The standard InChI is InChI=1S/C28H24F4N4O6S/c1-26(25(33)39)12-42-23-16(26)9-19(35-21(23)13-3-5-15(29)6-4-13)27(40,28(30,31)32)11-34-24(38)14-7-17(41-2)22-18(8-14)43-20(10-37)36-22/h3-9,37,40H,10-12H2,1-2H3,(H2,33,39)(H,34,38)/t26-,27?/m0/s1. The van der Waals surface area contributed by atoms with Crippen molar-refractivity contribution in [2.75, 3.05) is 20.3 Å². The minimum absolute atomic E-state index is 0.0441. The molecule has 0 fully saturated rings. The number of pyridine rings is 1. The summed E-state index contributed by atoms with van der Waals surface area (Å²) in [6.07, 6.45) is -5.38. The Morgan fingerprint density at radius 1 is 1.19 bits per heavy atom. The number of nitrogens with two attached hydrogens (primary N) is 1. The van der Waals surface area contributed by atoms with Crippen molar-refractivity contribution in [3.63, 3.8) is 0 Å². The van der Waals surface area contributed by atoms with Crippen LogP contribution in [-0.4, -0.2) is 58.4 Å². The van der Waals surface area contributed by atoms with Gasteiger partial charge in [-0.2, -0.15) is 13.2 Å². The maximum absolute atomic E-state index is 14.6. The molecule has 2 aromatic heterocycles. The number of aromatic nitrogens is 2. The summed E-state index contributed by atoms with van der Waals surface area (Å²) in [5.41, 5.74) is -0.531. The van der Waals surface area contributed by atoms with Crippen LogP contribution in [0.25, 0.3) is 21.5 Å². The first-order valence-corrected chi connectivity index (χ1v) is 13.4. The highest BCUT2D eigenvalue weighted by Gasteiger charge is 2.57. The van der Waals surface area contributed by atoms with Crippen molar-refractivity contribution in [3.05, 3.63) is 70.1 Å². The van der Waals surface area contributed by atoms with Crippen molar-refractivity contribution in [2.45, 2.75) is 30.7 Å². The van der Waals surface area contributed by atoms with Crippen molar-refractivity contribution >= 4 is 33.4 Å². The van der Waals surface area contributed by atoms with Gasteiger partial charge in [0.05, 0.1) is 30.7 Å².